The fraction of sp³-hybridized carbons (Fsp3) is 0.286. The molecule has 112 valence electrons. The Balaban J connectivity index is 2.74. The number of pyridine rings is 1. The van der Waals surface area contributed by atoms with Crippen molar-refractivity contribution in [1.29, 1.82) is 0 Å². The monoisotopic (exact) mass is 313 g/mol. The second-order valence-corrected chi connectivity index (χ2v) is 4.71. The van der Waals surface area contributed by atoms with Gasteiger partial charge in [0.15, 0.2) is 0 Å². The molecule has 0 aliphatic carbocycles. The van der Waals surface area contributed by atoms with Crippen LogP contribution in [0.5, 0.6) is 0 Å². The number of nitrogens with one attached hydrogen (secondary N) is 1. The molecule has 2 aromatic rings. The minimum absolute atomic E-state index is 0.00239. The molecule has 0 atom stereocenters. The molecule has 0 aliphatic rings. The molecule has 0 spiro atoms. The summed E-state index contributed by atoms with van der Waals surface area (Å²) in [7, 11) is 0. The van der Waals surface area contributed by atoms with Crippen LogP contribution < -0.4 is 5.43 Å². The molecule has 0 unspecified atom stereocenters. The number of benzene rings is 1. The van der Waals surface area contributed by atoms with Crippen molar-refractivity contribution in [3.05, 3.63) is 44.5 Å². The van der Waals surface area contributed by atoms with Crippen LogP contribution in [0.1, 0.15) is 22.8 Å². The van der Waals surface area contributed by atoms with Gasteiger partial charge < -0.3 is 14.8 Å². The van der Waals surface area contributed by atoms with Gasteiger partial charge in [-0.15, -0.1) is 0 Å². The molecule has 1 aromatic heterocycles. The summed E-state index contributed by atoms with van der Waals surface area (Å²) in [5, 5.41) is 8.84. The number of fused-ring (bicyclic) bond motifs is 1. The maximum Gasteiger partial charge on any atom is 0.343 e. The number of aliphatic hydroxyl groups is 1. The van der Waals surface area contributed by atoms with Crippen molar-refractivity contribution in [2.75, 3.05) is 13.2 Å². The van der Waals surface area contributed by atoms with Crippen LogP contribution in [0.3, 0.4) is 0 Å². The predicted molar refractivity (Wildman–Crippen MR) is 76.3 cm³/mol. The van der Waals surface area contributed by atoms with Crippen LogP contribution >= 0.6 is 11.6 Å². The number of aromatic nitrogens is 1. The third kappa shape index (κ3) is 2.77. The van der Waals surface area contributed by atoms with Crippen molar-refractivity contribution in [3.8, 4) is 0 Å². The highest BCUT2D eigenvalue weighted by molar-refractivity contribution is 6.31. The fourth-order valence-electron chi connectivity index (χ4n) is 2.08. The first kappa shape index (κ1) is 15.5. The molecule has 0 saturated heterocycles. The van der Waals surface area contributed by atoms with Crippen LogP contribution in [0.2, 0.25) is 5.02 Å². The second-order valence-electron chi connectivity index (χ2n) is 4.30. The first-order valence-corrected chi connectivity index (χ1v) is 6.69. The number of H-pyrrole nitrogens is 1. The van der Waals surface area contributed by atoms with E-state index in [1.165, 1.54) is 6.20 Å². The SMILES string of the molecule is CCOC(=O)c1c[nH]c2c(CCO)c(F)c(Cl)cc2c1=O. The maximum atomic E-state index is 14.0. The summed E-state index contributed by atoms with van der Waals surface area (Å²) >= 11 is 5.77. The molecule has 0 bridgehead atoms. The molecule has 0 amide bonds. The zero-order valence-corrected chi connectivity index (χ0v) is 12.0. The number of halogens is 2. The fourth-order valence-corrected chi connectivity index (χ4v) is 2.31. The first-order valence-electron chi connectivity index (χ1n) is 6.31. The van der Waals surface area contributed by atoms with Crippen LogP contribution in [0.4, 0.5) is 4.39 Å². The Bertz CT molecular complexity index is 757. The van der Waals surface area contributed by atoms with E-state index < -0.39 is 17.2 Å². The Kier molecular flexibility index (Phi) is 4.59. The van der Waals surface area contributed by atoms with Gasteiger partial charge in [-0.2, -0.15) is 0 Å². The normalized spacial score (nSPS) is 10.9. The van der Waals surface area contributed by atoms with Crippen LogP contribution in [0, 0.1) is 5.82 Å². The van der Waals surface area contributed by atoms with Gasteiger partial charge in [-0.05, 0) is 13.0 Å². The van der Waals surface area contributed by atoms with Gasteiger partial charge in [-0.25, -0.2) is 9.18 Å². The molecule has 2 N–H and O–H groups in total. The van der Waals surface area contributed by atoms with Crippen LogP contribution in [0.25, 0.3) is 10.9 Å². The van der Waals surface area contributed by atoms with E-state index in [9.17, 15) is 14.0 Å². The van der Waals surface area contributed by atoms with E-state index in [2.05, 4.69) is 4.98 Å². The van der Waals surface area contributed by atoms with E-state index in [4.69, 9.17) is 21.4 Å². The maximum absolute atomic E-state index is 14.0. The van der Waals surface area contributed by atoms with Crippen molar-refractivity contribution >= 4 is 28.5 Å². The third-order valence-corrected chi connectivity index (χ3v) is 3.30. The first-order chi connectivity index (χ1) is 10.0. The Morgan fingerprint density at radius 1 is 1.52 bits per heavy atom. The van der Waals surface area contributed by atoms with Gasteiger partial charge in [-0.3, -0.25) is 4.79 Å². The summed E-state index contributed by atoms with van der Waals surface area (Å²) in [6, 6.07) is 1.16. The zero-order valence-electron chi connectivity index (χ0n) is 11.2. The molecule has 2 rings (SSSR count). The quantitative estimate of drug-likeness (QED) is 0.847. The van der Waals surface area contributed by atoms with E-state index in [0.717, 1.165) is 6.07 Å². The molecule has 0 saturated carbocycles. The average Bonchev–Trinajstić information content (AvgIpc) is 2.45. The molecule has 0 radical (unpaired) electrons. The second kappa shape index (κ2) is 6.24. The Labute approximate surface area is 124 Å². The topological polar surface area (TPSA) is 79.4 Å². The van der Waals surface area contributed by atoms with Gasteiger partial charge in [0.25, 0.3) is 0 Å². The van der Waals surface area contributed by atoms with Gasteiger partial charge in [0.1, 0.15) is 11.4 Å². The highest BCUT2D eigenvalue weighted by Crippen LogP contribution is 2.25. The number of aromatic amines is 1. The summed E-state index contributed by atoms with van der Waals surface area (Å²) in [6.07, 6.45) is 1.18. The lowest BCUT2D eigenvalue weighted by atomic mass is 10.0. The number of hydrogen-bond acceptors (Lipinski definition) is 4. The summed E-state index contributed by atoms with van der Waals surface area (Å²) < 4.78 is 18.8. The summed E-state index contributed by atoms with van der Waals surface area (Å²) in [5.74, 6) is -1.46. The molecule has 1 aromatic carbocycles. The number of ether oxygens (including phenoxy) is 1. The molecule has 1 heterocycles. The van der Waals surface area contributed by atoms with Gasteiger partial charge in [0.05, 0.1) is 17.1 Å². The number of carbonyl (C=O) groups is 1. The van der Waals surface area contributed by atoms with Crippen molar-refractivity contribution < 1.29 is 19.0 Å². The smallest absolute Gasteiger partial charge is 0.343 e. The minimum atomic E-state index is -0.759. The van der Waals surface area contributed by atoms with Crippen molar-refractivity contribution in [2.45, 2.75) is 13.3 Å². The van der Waals surface area contributed by atoms with Gasteiger partial charge in [0, 0.05) is 30.2 Å². The Morgan fingerprint density at radius 3 is 2.86 bits per heavy atom. The molecule has 7 heteroatoms. The molecular formula is C14H13ClFNO4. The highest BCUT2D eigenvalue weighted by atomic mass is 35.5. The summed E-state index contributed by atoms with van der Waals surface area (Å²) in [5.41, 5.74) is -0.457. The van der Waals surface area contributed by atoms with Gasteiger partial charge in [-0.1, -0.05) is 11.6 Å². The molecule has 5 nitrogen and oxygen atoms in total. The lowest BCUT2D eigenvalue weighted by Gasteiger charge is -2.09. The molecular weight excluding hydrogens is 301 g/mol. The van der Waals surface area contributed by atoms with Crippen molar-refractivity contribution in [3.63, 3.8) is 0 Å². The average molecular weight is 314 g/mol. The summed E-state index contributed by atoms with van der Waals surface area (Å²) in [4.78, 5) is 26.7. The van der Waals surface area contributed by atoms with Gasteiger partial charge >= 0.3 is 5.97 Å². The number of rotatable bonds is 4. The van der Waals surface area contributed by atoms with E-state index in [1.807, 2.05) is 0 Å². The number of esters is 1. The Hall–Kier alpha value is -1.92. The largest absolute Gasteiger partial charge is 0.462 e. The Morgan fingerprint density at radius 2 is 2.24 bits per heavy atom. The van der Waals surface area contributed by atoms with Gasteiger partial charge in [0.2, 0.25) is 5.43 Å². The number of carbonyl (C=O) groups excluding carboxylic acids is 1. The standard InChI is InChI=1S/C14H13ClFNO4/c1-2-21-14(20)9-6-17-12-7(3-4-18)11(16)10(15)5-8(12)13(9)19/h5-6,18H,2-4H2,1H3,(H,17,19). The minimum Gasteiger partial charge on any atom is -0.462 e. The van der Waals surface area contributed by atoms with Crippen molar-refractivity contribution in [1.82, 2.24) is 4.98 Å². The number of hydrogen-bond donors (Lipinski definition) is 2. The summed E-state index contributed by atoms with van der Waals surface area (Å²) in [6.45, 7) is 1.46. The van der Waals surface area contributed by atoms with Crippen molar-refractivity contribution in [2.24, 2.45) is 0 Å². The zero-order chi connectivity index (χ0) is 15.6. The van der Waals surface area contributed by atoms with E-state index >= 15 is 0 Å². The number of aliphatic hydroxyl groups excluding tert-OH is 1. The van der Waals surface area contributed by atoms with E-state index in [1.54, 1.807) is 6.92 Å². The van der Waals surface area contributed by atoms with Crippen LogP contribution in [-0.2, 0) is 11.2 Å². The molecule has 0 aliphatic heterocycles. The lowest BCUT2D eigenvalue weighted by molar-refractivity contribution is 0.0524. The predicted octanol–water partition coefficient (Wildman–Crippen LogP) is 2.03. The van der Waals surface area contributed by atoms with E-state index in [-0.39, 0.29) is 46.7 Å². The third-order valence-electron chi connectivity index (χ3n) is 3.02. The van der Waals surface area contributed by atoms with Crippen LogP contribution in [0.15, 0.2) is 17.1 Å². The van der Waals surface area contributed by atoms with Crippen LogP contribution in [-0.4, -0.2) is 29.3 Å². The van der Waals surface area contributed by atoms with E-state index in [0.29, 0.717) is 0 Å². The molecule has 21 heavy (non-hydrogen) atoms. The molecule has 0 fully saturated rings. The lowest BCUT2D eigenvalue weighted by Crippen LogP contribution is -2.19. The highest BCUT2D eigenvalue weighted by Gasteiger charge is 2.19.